The smallest absolute Gasteiger partial charge is 0.254 e. The second-order valence-corrected chi connectivity index (χ2v) is 4.54. The van der Waals surface area contributed by atoms with Gasteiger partial charge >= 0.3 is 0 Å². The first kappa shape index (κ1) is 12.6. The molecular weight excluding hydrogens is 228 g/mol. The minimum atomic E-state index is -0.518. The lowest BCUT2D eigenvalue weighted by Gasteiger charge is -2.17. The molecule has 1 aliphatic heterocycles. The van der Waals surface area contributed by atoms with Crippen LogP contribution < -0.4 is 10.2 Å². The zero-order valence-corrected chi connectivity index (χ0v) is 10.8. The summed E-state index contributed by atoms with van der Waals surface area (Å²) in [6, 6.07) is 7.13. The fraction of sp³-hybridized carbons (Fsp3) is 0.429. The topological polar surface area (TPSA) is 49.4 Å². The summed E-state index contributed by atoms with van der Waals surface area (Å²) in [5.74, 6) is -0.208. The summed E-state index contributed by atoms with van der Waals surface area (Å²) in [7, 11) is 0. The molecule has 18 heavy (non-hydrogen) atoms. The molecule has 0 saturated heterocycles. The minimum Gasteiger partial charge on any atom is -0.341 e. The lowest BCUT2D eigenvalue weighted by Crippen LogP contribution is -2.37. The summed E-state index contributed by atoms with van der Waals surface area (Å²) >= 11 is 0. The first-order chi connectivity index (χ1) is 8.65. The molecule has 0 bridgehead atoms. The molecule has 0 spiro atoms. The SMILES string of the molecule is CCCCN1C(=O)[C@@H](NC(C)=O)c2ccccc21. The number of rotatable bonds is 4. The van der Waals surface area contributed by atoms with E-state index in [9.17, 15) is 9.59 Å². The Kier molecular flexibility index (Phi) is 3.65. The predicted molar refractivity (Wildman–Crippen MR) is 70.3 cm³/mol. The highest BCUT2D eigenvalue weighted by atomic mass is 16.2. The van der Waals surface area contributed by atoms with E-state index >= 15 is 0 Å². The van der Waals surface area contributed by atoms with Gasteiger partial charge in [-0.25, -0.2) is 0 Å². The van der Waals surface area contributed by atoms with Crippen LogP contribution in [0.4, 0.5) is 5.69 Å². The van der Waals surface area contributed by atoms with Gasteiger partial charge in [0.05, 0.1) is 0 Å². The van der Waals surface area contributed by atoms with Crippen molar-refractivity contribution >= 4 is 17.5 Å². The van der Waals surface area contributed by atoms with Crippen LogP contribution in [0.5, 0.6) is 0 Å². The zero-order chi connectivity index (χ0) is 13.1. The van der Waals surface area contributed by atoms with Crippen LogP contribution >= 0.6 is 0 Å². The molecule has 0 unspecified atom stereocenters. The maximum Gasteiger partial charge on any atom is 0.254 e. The fourth-order valence-electron chi connectivity index (χ4n) is 2.27. The minimum absolute atomic E-state index is 0.0279. The van der Waals surface area contributed by atoms with Gasteiger partial charge in [-0.2, -0.15) is 0 Å². The van der Waals surface area contributed by atoms with E-state index in [-0.39, 0.29) is 11.8 Å². The summed E-state index contributed by atoms with van der Waals surface area (Å²) < 4.78 is 0. The van der Waals surface area contributed by atoms with Crippen LogP contribution in [-0.2, 0) is 9.59 Å². The molecular formula is C14H18N2O2. The molecule has 1 aromatic carbocycles. The highest BCUT2D eigenvalue weighted by molar-refractivity contribution is 6.06. The van der Waals surface area contributed by atoms with Crippen LogP contribution in [0.25, 0.3) is 0 Å². The van der Waals surface area contributed by atoms with E-state index in [1.54, 1.807) is 4.90 Å². The van der Waals surface area contributed by atoms with Crippen LogP contribution in [0, 0.1) is 0 Å². The monoisotopic (exact) mass is 246 g/mol. The molecule has 1 heterocycles. The van der Waals surface area contributed by atoms with Crippen molar-refractivity contribution in [1.29, 1.82) is 0 Å². The summed E-state index contributed by atoms with van der Waals surface area (Å²) in [5, 5.41) is 2.72. The third-order valence-electron chi connectivity index (χ3n) is 3.13. The van der Waals surface area contributed by atoms with Gasteiger partial charge in [-0.15, -0.1) is 0 Å². The number of amides is 2. The number of nitrogens with zero attached hydrogens (tertiary/aromatic N) is 1. The average Bonchev–Trinajstić information content (AvgIpc) is 2.60. The second-order valence-electron chi connectivity index (χ2n) is 4.54. The molecule has 0 radical (unpaired) electrons. The Labute approximate surface area is 107 Å². The van der Waals surface area contributed by atoms with E-state index in [0.717, 1.165) is 24.1 Å². The van der Waals surface area contributed by atoms with Gasteiger partial charge in [0.1, 0.15) is 6.04 Å². The van der Waals surface area contributed by atoms with Gasteiger partial charge in [-0.05, 0) is 12.5 Å². The third kappa shape index (κ3) is 2.23. The van der Waals surface area contributed by atoms with Gasteiger partial charge in [0.2, 0.25) is 5.91 Å². The van der Waals surface area contributed by atoms with Crippen LogP contribution in [0.2, 0.25) is 0 Å². The van der Waals surface area contributed by atoms with Crippen molar-refractivity contribution in [2.75, 3.05) is 11.4 Å². The highest BCUT2D eigenvalue weighted by Gasteiger charge is 2.36. The number of carbonyl (C=O) groups is 2. The molecule has 4 nitrogen and oxygen atoms in total. The third-order valence-corrected chi connectivity index (χ3v) is 3.13. The fourth-order valence-corrected chi connectivity index (χ4v) is 2.27. The molecule has 1 aromatic rings. The quantitative estimate of drug-likeness (QED) is 0.883. The van der Waals surface area contributed by atoms with Crippen molar-refractivity contribution < 1.29 is 9.59 Å². The van der Waals surface area contributed by atoms with E-state index in [1.165, 1.54) is 6.92 Å². The molecule has 1 aliphatic rings. The Balaban J connectivity index is 2.30. The van der Waals surface area contributed by atoms with Gasteiger partial charge < -0.3 is 10.2 Å². The number of benzene rings is 1. The average molecular weight is 246 g/mol. The molecule has 0 fully saturated rings. The van der Waals surface area contributed by atoms with E-state index in [0.29, 0.717) is 6.54 Å². The molecule has 96 valence electrons. The Morgan fingerprint density at radius 3 is 2.78 bits per heavy atom. The van der Waals surface area contributed by atoms with Crippen LogP contribution in [0.1, 0.15) is 38.3 Å². The van der Waals surface area contributed by atoms with Gasteiger partial charge in [0, 0.05) is 24.7 Å². The number of nitrogens with one attached hydrogen (secondary N) is 1. The van der Waals surface area contributed by atoms with Crippen molar-refractivity contribution in [2.24, 2.45) is 0 Å². The Morgan fingerprint density at radius 1 is 1.39 bits per heavy atom. The summed E-state index contributed by atoms with van der Waals surface area (Å²) in [6.45, 7) is 4.24. The van der Waals surface area contributed by atoms with Crippen molar-refractivity contribution in [3.05, 3.63) is 29.8 Å². The highest BCUT2D eigenvalue weighted by Crippen LogP contribution is 2.35. The molecule has 4 heteroatoms. The molecule has 0 aliphatic carbocycles. The van der Waals surface area contributed by atoms with Gasteiger partial charge in [-0.3, -0.25) is 9.59 Å². The standard InChI is InChI=1S/C14H18N2O2/c1-3-4-9-16-12-8-6-5-7-11(12)13(14(16)18)15-10(2)17/h5-8,13H,3-4,9H2,1-2H3,(H,15,17)/t13-/m0/s1. The normalized spacial score (nSPS) is 17.8. The van der Waals surface area contributed by atoms with Crippen molar-refractivity contribution in [3.63, 3.8) is 0 Å². The predicted octanol–water partition coefficient (Wildman–Crippen LogP) is 2.01. The van der Waals surface area contributed by atoms with Crippen LogP contribution in [-0.4, -0.2) is 18.4 Å². The molecule has 0 saturated carbocycles. The summed E-state index contributed by atoms with van der Waals surface area (Å²) in [4.78, 5) is 25.3. The molecule has 0 aromatic heterocycles. The Bertz CT molecular complexity index is 471. The van der Waals surface area contributed by atoms with Crippen molar-refractivity contribution in [1.82, 2.24) is 5.32 Å². The van der Waals surface area contributed by atoms with E-state index in [4.69, 9.17) is 0 Å². The number of hydrogen-bond donors (Lipinski definition) is 1. The number of unbranched alkanes of at least 4 members (excludes halogenated alkanes) is 1. The van der Waals surface area contributed by atoms with E-state index in [2.05, 4.69) is 12.2 Å². The first-order valence-electron chi connectivity index (χ1n) is 6.32. The Hall–Kier alpha value is -1.84. The molecule has 2 amide bonds. The van der Waals surface area contributed by atoms with Gasteiger partial charge in [0.15, 0.2) is 0 Å². The number of para-hydroxylation sites is 1. The maximum atomic E-state index is 12.3. The van der Waals surface area contributed by atoms with Gasteiger partial charge in [-0.1, -0.05) is 31.5 Å². The Morgan fingerprint density at radius 2 is 2.11 bits per heavy atom. The van der Waals surface area contributed by atoms with Crippen molar-refractivity contribution in [3.8, 4) is 0 Å². The molecule has 1 N–H and O–H groups in total. The largest absolute Gasteiger partial charge is 0.341 e. The van der Waals surface area contributed by atoms with Crippen molar-refractivity contribution in [2.45, 2.75) is 32.7 Å². The number of hydrogen-bond acceptors (Lipinski definition) is 2. The summed E-state index contributed by atoms with van der Waals surface area (Å²) in [5.41, 5.74) is 1.82. The van der Waals surface area contributed by atoms with E-state index < -0.39 is 6.04 Å². The van der Waals surface area contributed by atoms with Gasteiger partial charge in [0.25, 0.3) is 5.91 Å². The van der Waals surface area contributed by atoms with E-state index in [1.807, 2.05) is 24.3 Å². The summed E-state index contributed by atoms with van der Waals surface area (Å²) in [6.07, 6.45) is 2.00. The zero-order valence-electron chi connectivity index (χ0n) is 10.8. The second kappa shape index (κ2) is 5.21. The van der Waals surface area contributed by atoms with Crippen LogP contribution in [0.15, 0.2) is 24.3 Å². The lowest BCUT2D eigenvalue weighted by molar-refractivity contribution is -0.126. The first-order valence-corrected chi connectivity index (χ1v) is 6.32. The number of carbonyl (C=O) groups excluding carboxylic acids is 2. The number of fused-ring (bicyclic) bond motifs is 1. The van der Waals surface area contributed by atoms with Crippen LogP contribution in [0.3, 0.4) is 0 Å². The maximum absolute atomic E-state index is 12.3. The number of anilines is 1. The molecule has 1 atom stereocenters. The lowest BCUT2D eigenvalue weighted by atomic mass is 10.1. The molecule has 2 rings (SSSR count).